The number of ether oxygens (including phenoxy) is 1. The molecule has 1 saturated heterocycles. The standard InChI is InChI=1S/C13H21N3O/c1-2-17-13-12(4-3-6-15-13)5-9-16-10-7-14-8-11-16/h3-4,6,14H,2,5,7-11H2,1H3. The highest BCUT2D eigenvalue weighted by molar-refractivity contribution is 5.25. The van der Waals surface area contributed by atoms with Gasteiger partial charge in [0.2, 0.25) is 5.88 Å². The Balaban J connectivity index is 1.88. The number of rotatable bonds is 5. The number of hydrogen-bond acceptors (Lipinski definition) is 4. The predicted molar refractivity (Wildman–Crippen MR) is 68.4 cm³/mol. The van der Waals surface area contributed by atoms with Crippen molar-refractivity contribution in [1.29, 1.82) is 0 Å². The van der Waals surface area contributed by atoms with Crippen LogP contribution in [-0.2, 0) is 6.42 Å². The Morgan fingerprint density at radius 3 is 3.00 bits per heavy atom. The predicted octanol–water partition coefficient (Wildman–Crippen LogP) is 0.928. The molecule has 0 amide bonds. The lowest BCUT2D eigenvalue weighted by atomic mass is 10.2. The molecule has 0 atom stereocenters. The summed E-state index contributed by atoms with van der Waals surface area (Å²) in [6.45, 7) is 8.25. The fraction of sp³-hybridized carbons (Fsp3) is 0.615. The highest BCUT2D eigenvalue weighted by Gasteiger charge is 2.11. The molecule has 0 radical (unpaired) electrons. The molecule has 1 aromatic heterocycles. The normalized spacial score (nSPS) is 17.0. The molecule has 1 aliphatic rings. The second-order valence-corrected chi connectivity index (χ2v) is 4.24. The molecule has 0 aromatic carbocycles. The number of nitrogens with one attached hydrogen (secondary N) is 1. The molecule has 4 nitrogen and oxygen atoms in total. The monoisotopic (exact) mass is 235 g/mol. The lowest BCUT2D eigenvalue weighted by Crippen LogP contribution is -2.44. The van der Waals surface area contributed by atoms with Gasteiger partial charge >= 0.3 is 0 Å². The first-order valence-electron chi connectivity index (χ1n) is 6.40. The molecule has 0 unspecified atom stereocenters. The van der Waals surface area contributed by atoms with Crippen molar-refractivity contribution in [2.75, 3.05) is 39.3 Å². The van der Waals surface area contributed by atoms with E-state index in [4.69, 9.17) is 4.74 Å². The molecule has 0 spiro atoms. The van der Waals surface area contributed by atoms with E-state index in [0.29, 0.717) is 6.61 Å². The van der Waals surface area contributed by atoms with E-state index in [9.17, 15) is 0 Å². The Labute approximate surface area is 103 Å². The van der Waals surface area contributed by atoms with Crippen LogP contribution in [0.1, 0.15) is 12.5 Å². The third-order valence-electron chi connectivity index (χ3n) is 3.04. The van der Waals surface area contributed by atoms with Crippen LogP contribution in [0.15, 0.2) is 18.3 Å². The average molecular weight is 235 g/mol. The summed E-state index contributed by atoms with van der Waals surface area (Å²) in [4.78, 5) is 6.76. The number of piperazine rings is 1. The zero-order chi connectivity index (χ0) is 11.9. The van der Waals surface area contributed by atoms with E-state index in [0.717, 1.165) is 45.0 Å². The minimum atomic E-state index is 0.678. The van der Waals surface area contributed by atoms with E-state index in [1.54, 1.807) is 6.20 Å². The van der Waals surface area contributed by atoms with Gasteiger partial charge in [0.25, 0.3) is 0 Å². The second-order valence-electron chi connectivity index (χ2n) is 4.24. The first-order chi connectivity index (χ1) is 8.40. The van der Waals surface area contributed by atoms with Crippen molar-refractivity contribution in [1.82, 2.24) is 15.2 Å². The van der Waals surface area contributed by atoms with Crippen LogP contribution in [0, 0.1) is 0 Å². The van der Waals surface area contributed by atoms with Gasteiger partial charge < -0.3 is 15.0 Å². The van der Waals surface area contributed by atoms with Gasteiger partial charge in [-0.15, -0.1) is 0 Å². The number of aromatic nitrogens is 1. The van der Waals surface area contributed by atoms with E-state index in [1.807, 2.05) is 13.0 Å². The van der Waals surface area contributed by atoms with Crippen LogP contribution >= 0.6 is 0 Å². The van der Waals surface area contributed by atoms with Crippen molar-refractivity contribution in [3.63, 3.8) is 0 Å². The quantitative estimate of drug-likeness (QED) is 0.824. The van der Waals surface area contributed by atoms with Crippen LogP contribution in [-0.4, -0.2) is 49.2 Å². The smallest absolute Gasteiger partial charge is 0.216 e. The molecule has 2 rings (SSSR count). The molecule has 94 valence electrons. The Kier molecular flexibility index (Phi) is 4.76. The van der Waals surface area contributed by atoms with Gasteiger partial charge in [-0.25, -0.2) is 4.98 Å². The lowest BCUT2D eigenvalue weighted by Gasteiger charge is -2.27. The SMILES string of the molecule is CCOc1ncccc1CCN1CCNCC1. The Hall–Kier alpha value is -1.13. The van der Waals surface area contributed by atoms with Crippen molar-refractivity contribution in [3.05, 3.63) is 23.9 Å². The maximum absolute atomic E-state index is 5.53. The maximum atomic E-state index is 5.53. The van der Waals surface area contributed by atoms with Crippen LogP contribution in [0.2, 0.25) is 0 Å². The number of hydrogen-bond donors (Lipinski definition) is 1. The van der Waals surface area contributed by atoms with E-state index >= 15 is 0 Å². The summed E-state index contributed by atoms with van der Waals surface area (Å²) in [5, 5.41) is 3.37. The largest absolute Gasteiger partial charge is 0.478 e. The van der Waals surface area contributed by atoms with Crippen LogP contribution in [0.5, 0.6) is 5.88 Å². The van der Waals surface area contributed by atoms with Crippen LogP contribution < -0.4 is 10.1 Å². The van der Waals surface area contributed by atoms with E-state index in [2.05, 4.69) is 21.3 Å². The van der Waals surface area contributed by atoms with Gasteiger partial charge in [-0.3, -0.25) is 0 Å². The summed E-state index contributed by atoms with van der Waals surface area (Å²) < 4.78 is 5.53. The van der Waals surface area contributed by atoms with Crippen molar-refractivity contribution in [3.8, 4) is 5.88 Å². The van der Waals surface area contributed by atoms with E-state index in [1.165, 1.54) is 5.56 Å². The van der Waals surface area contributed by atoms with Crippen LogP contribution in [0.25, 0.3) is 0 Å². The van der Waals surface area contributed by atoms with Gasteiger partial charge in [-0.2, -0.15) is 0 Å². The molecule has 17 heavy (non-hydrogen) atoms. The third kappa shape index (κ3) is 3.68. The minimum absolute atomic E-state index is 0.678. The second kappa shape index (κ2) is 6.57. The van der Waals surface area contributed by atoms with E-state index < -0.39 is 0 Å². The van der Waals surface area contributed by atoms with Crippen molar-refractivity contribution in [2.45, 2.75) is 13.3 Å². The molecule has 4 heteroatoms. The highest BCUT2D eigenvalue weighted by Crippen LogP contribution is 2.15. The lowest BCUT2D eigenvalue weighted by molar-refractivity contribution is 0.242. The first-order valence-corrected chi connectivity index (χ1v) is 6.40. The third-order valence-corrected chi connectivity index (χ3v) is 3.04. The number of pyridine rings is 1. The fourth-order valence-electron chi connectivity index (χ4n) is 2.09. The zero-order valence-corrected chi connectivity index (χ0v) is 10.5. The summed E-state index contributed by atoms with van der Waals surface area (Å²) in [5.74, 6) is 0.796. The maximum Gasteiger partial charge on any atom is 0.216 e. The molecular formula is C13H21N3O. The summed E-state index contributed by atoms with van der Waals surface area (Å²) >= 11 is 0. The van der Waals surface area contributed by atoms with Gasteiger partial charge in [0.15, 0.2) is 0 Å². The van der Waals surface area contributed by atoms with Crippen molar-refractivity contribution < 1.29 is 4.74 Å². The highest BCUT2D eigenvalue weighted by atomic mass is 16.5. The molecule has 1 aromatic rings. The van der Waals surface area contributed by atoms with Gasteiger partial charge in [0, 0.05) is 44.5 Å². The summed E-state index contributed by atoms with van der Waals surface area (Å²) in [7, 11) is 0. The van der Waals surface area contributed by atoms with Crippen molar-refractivity contribution >= 4 is 0 Å². The Morgan fingerprint density at radius 1 is 1.41 bits per heavy atom. The van der Waals surface area contributed by atoms with Crippen molar-refractivity contribution in [2.24, 2.45) is 0 Å². The molecular weight excluding hydrogens is 214 g/mol. The topological polar surface area (TPSA) is 37.4 Å². The molecule has 0 bridgehead atoms. The summed E-state index contributed by atoms with van der Waals surface area (Å²) in [6, 6.07) is 4.09. The molecule has 0 saturated carbocycles. The fourth-order valence-corrected chi connectivity index (χ4v) is 2.09. The average Bonchev–Trinajstić information content (AvgIpc) is 2.39. The molecule has 1 N–H and O–H groups in total. The van der Waals surface area contributed by atoms with Gasteiger partial charge in [-0.05, 0) is 19.4 Å². The Bertz CT molecular complexity index is 337. The molecule has 2 heterocycles. The number of nitrogens with zero attached hydrogens (tertiary/aromatic N) is 2. The van der Waals surface area contributed by atoms with Crippen LogP contribution in [0.3, 0.4) is 0 Å². The van der Waals surface area contributed by atoms with Crippen LogP contribution in [0.4, 0.5) is 0 Å². The van der Waals surface area contributed by atoms with E-state index in [-0.39, 0.29) is 0 Å². The Morgan fingerprint density at radius 2 is 2.24 bits per heavy atom. The molecule has 1 fully saturated rings. The summed E-state index contributed by atoms with van der Waals surface area (Å²) in [5.41, 5.74) is 1.22. The van der Waals surface area contributed by atoms with Gasteiger partial charge in [0.05, 0.1) is 6.61 Å². The zero-order valence-electron chi connectivity index (χ0n) is 10.5. The minimum Gasteiger partial charge on any atom is -0.478 e. The molecule has 1 aliphatic heterocycles. The van der Waals surface area contributed by atoms with Gasteiger partial charge in [0.1, 0.15) is 0 Å². The van der Waals surface area contributed by atoms with Gasteiger partial charge in [-0.1, -0.05) is 6.07 Å². The first kappa shape index (κ1) is 12.3. The molecule has 0 aliphatic carbocycles. The summed E-state index contributed by atoms with van der Waals surface area (Å²) in [6.07, 6.45) is 2.81.